The van der Waals surface area contributed by atoms with E-state index in [0.717, 1.165) is 18.4 Å². The first-order valence-electron chi connectivity index (χ1n) is 7.51. The first-order valence-corrected chi connectivity index (χ1v) is 7.51. The number of carbonyl (C=O) groups is 1. The largest absolute Gasteiger partial charge is 0.477 e. The molecule has 5 nitrogen and oxygen atoms in total. The number of carboxylic acids is 1. The molecule has 2 N–H and O–H groups in total. The maximum absolute atomic E-state index is 11.3. The van der Waals surface area contributed by atoms with Gasteiger partial charge in [0.15, 0.2) is 11.5 Å². The standard InChI is InChI=1S/C17H21N3O2/c1-4-11(3)18-15-10-14(17(21)22)19-16(20-15)13-8-6-12(5-2)7-9-13/h6-11H,4-5H2,1-3H3,(H,21,22)(H,18,19,20). The van der Waals surface area contributed by atoms with Crippen molar-refractivity contribution in [1.29, 1.82) is 0 Å². The van der Waals surface area contributed by atoms with Crippen LogP contribution in [0.25, 0.3) is 11.4 Å². The molecule has 0 aliphatic carbocycles. The Labute approximate surface area is 130 Å². The zero-order valence-electron chi connectivity index (χ0n) is 13.1. The van der Waals surface area contributed by atoms with Crippen molar-refractivity contribution in [2.75, 3.05) is 5.32 Å². The Bertz CT molecular complexity index is 653. The molecule has 2 aromatic rings. The zero-order valence-corrected chi connectivity index (χ0v) is 13.1. The molecular formula is C17H21N3O2. The SMILES string of the molecule is CCc1ccc(-c2nc(NC(C)CC)cc(C(=O)O)n2)cc1. The van der Waals surface area contributed by atoms with Gasteiger partial charge < -0.3 is 10.4 Å². The Morgan fingerprint density at radius 1 is 1.23 bits per heavy atom. The topological polar surface area (TPSA) is 75.1 Å². The van der Waals surface area contributed by atoms with Gasteiger partial charge >= 0.3 is 5.97 Å². The van der Waals surface area contributed by atoms with Crippen LogP contribution in [0.5, 0.6) is 0 Å². The summed E-state index contributed by atoms with van der Waals surface area (Å²) >= 11 is 0. The lowest BCUT2D eigenvalue weighted by atomic mass is 10.1. The van der Waals surface area contributed by atoms with Crippen LogP contribution < -0.4 is 5.32 Å². The molecule has 0 saturated heterocycles. The van der Waals surface area contributed by atoms with Crippen LogP contribution in [0.3, 0.4) is 0 Å². The molecule has 1 aromatic carbocycles. The summed E-state index contributed by atoms with van der Waals surface area (Å²) in [6.07, 6.45) is 1.88. The quantitative estimate of drug-likeness (QED) is 0.852. The van der Waals surface area contributed by atoms with Gasteiger partial charge in [-0.15, -0.1) is 0 Å². The Kier molecular flexibility index (Phi) is 5.09. The summed E-state index contributed by atoms with van der Waals surface area (Å²) in [5.74, 6) is -0.0919. The Balaban J connectivity index is 2.42. The molecule has 116 valence electrons. The molecule has 1 heterocycles. The highest BCUT2D eigenvalue weighted by Gasteiger charge is 2.13. The van der Waals surface area contributed by atoms with Gasteiger partial charge in [-0.05, 0) is 25.3 Å². The summed E-state index contributed by atoms with van der Waals surface area (Å²) in [5, 5.41) is 12.4. The average molecular weight is 299 g/mol. The van der Waals surface area contributed by atoms with Crippen LogP contribution in [0.2, 0.25) is 0 Å². The van der Waals surface area contributed by atoms with Crippen molar-refractivity contribution in [2.45, 2.75) is 39.7 Å². The predicted octanol–water partition coefficient (Wildman–Crippen LogP) is 3.61. The number of hydrogen-bond acceptors (Lipinski definition) is 4. The second-order valence-corrected chi connectivity index (χ2v) is 5.27. The van der Waals surface area contributed by atoms with E-state index in [1.54, 1.807) is 0 Å². The van der Waals surface area contributed by atoms with Gasteiger partial charge in [0.1, 0.15) is 5.82 Å². The smallest absolute Gasteiger partial charge is 0.354 e. The summed E-state index contributed by atoms with van der Waals surface area (Å²) in [7, 11) is 0. The number of aromatic nitrogens is 2. The van der Waals surface area contributed by atoms with E-state index in [4.69, 9.17) is 0 Å². The van der Waals surface area contributed by atoms with Gasteiger partial charge in [0, 0.05) is 17.7 Å². The van der Waals surface area contributed by atoms with Crippen molar-refractivity contribution < 1.29 is 9.90 Å². The van der Waals surface area contributed by atoms with Gasteiger partial charge in [-0.2, -0.15) is 0 Å². The third kappa shape index (κ3) is 3.81. The predicted molar refractivity (Wildman–Crippen MR) is 87.2 cm³/mol. The molecular weight excluding hydrogens is 278 g/mol. The number of hydrogen-bond donors (Lipinski definition) is 2. The molecule has 0 aliphatic heterocycles. The molecule has 0 amide bonds. The molecule has 0 bridgehead atoms. The normalized spacial score (nSPS) is 12.0. The summed E-state index contributed by atoms with van der Waals surface area (Å²) in [5.41, 5.74) is 2.03. The number of carboxylic acid groups (broad SMARTS) is 1. The van der Waals surface area contributed by atoms with E-state index in [-0.39, 0.29) is 11.7 Å². The van der Waals surface area contributed by atoms with Gasteiger partial charge in [0.05, 0.1) is 0 Å². The van der Waals surface area contributed by atoms with E-state index in [1.807, 2.05) is 31.2 Å². The summed E-state index contributed by atoms with van der Waals surface area (Å²) in [4.78, 5) is 19.9. The molecule has 0 saturated carbocycles. The summed E-state index contributed by atoms with van der Waals surface area (Å²) < 4.78 is 0. The van der Waals surface area contributed by atoms with Gasteiger partial charge in [0.2, 0.25) is 0 Å². The van der Waals surface area contributed by atoms with Crippen molar-refractivity contribution in [2.24, 2.45) is 0 Å². The highest BCUT2D eigenvalue weighted by molar-refractivity contribution is 5.87. The molecule has 1 atom stereocenters. The van der Waals surface area contributed by atoms with Crippen molar-refractivity contribution in [3.63, 3.8) is 0 Å². The molecule has 1 aromatic heterocycles. The maximum atomic E-state index is 11.3. The van der Waals surface area contributed by atoms with Crippen LogP contribution in [-0.4, -0.2) is 27.1 Å². The highest BCUT2D eigenvalue weighted by atomic mass is 16.4. The first-order chi connectivity index (χ1) is 10.5. The number of anilines is 1. The number of rotatable bonds is 6. The second-order valence-electron chi connectivity index (χ2n) is 5.27. The van der Waals surface area contributed by atoms with Crippen LogP contribution in [0.1, 0.15) is 43.2 Å². The minimum atomic E-state index is -1.05. The van der Waals surface area contributed by atoms with Crippen LogP contribution in [0.15, 0.2) is 30.3 Å². The fourth-order valence-corrected chi connectivity index (χ4v) is 2.00. The Morgan fingerprint density at radius 3 is 2.45 bits per heavy atom. The van der Waals surface area contributed by atoms with Crippen LogP contribution in [0.4, 0.5) is 5.82 Å². The number of aryl methyl sites for hydroxylation is 1. The molecule has 2 rings (SSSR count). The summed E-state index contributed by atoms with van der Waals surface area (Å²) in [6, 6.07) is 9.55. The molecule has 0 spiro atoms. The number of nitrogens with one attached hydrogen (secondary N) is 1. The number of nitrogens with zero attached hydrogens (tertiary/aromatic N) is 2. The Morgan fingerprint density at radius 2 is 1.91 bits per heavy atom. The van der Waals surface area contributed by atoms with E-state index in [2.05, 4.69) is 29.1 Å². The molecule has 22 heavy (non-hydrogen) atoms. The van der Waals surface area contributed by atoms with E-state index in [1.165, 1.54) is 11.6 Å². The number of benzene rings is 1. The lowest BCUT2D eigenvalue weighted by Crippen LogP contribution is -2.16. The molecule has 1 unspecified atom stereocenters. The van der Waals surface area contributed by atoms with E-state index < -0.39 is 5.97 Å². The third-order valence-corrected chi connectivity index (χ3v) is 3.57. The lowest BCUT2D eigenvalue weighted by Gasteiger charge is -2.13. The fraction of sp³-hybridized carbons (Fsp3) is 0.353. The summed E-state index contributed by atoms with van der Waals surface area (Å²) in [6.45, 7) is 6.17. The van der Waals surface area contributed by atoms with Crippen molar-refractivity contribution in [3.05, 3.63) is 41.6 Å². The van der Waals surface area contributed by atoms with E-state index in [9.17, 15) is 9.90 Å². The first kappa shape index (κ1) is 15.9. The molecule has 0 radical (unpaired) electrons. The van der Waals surface area contributed by atoms with Gasteiger partial charge in [-0.3, -0.25) is 0 Å². The van der Waals surface area contributed by atoms with Gasteiger partial charge in [-0.25, -0.2) is 14.8 Å². The maximum Gasteiger partial charge on any atom is 0.354 e. The van der Waals surface area contributed by atoms with Crippen molar-refractivity contribution >= 4 is 11.8 Å². The fourth-order valence-electron chi connectivity index (χ4n) is 2.00. The van der Waals surface area contributed by atoms with Gasteiger partial charge in [-0.1, -0.05) is 38.1 Å². The molecule has 5 heteroatoms. The third-order valence-electron chi connectivity index (χ3n) is 3.57. The van der Waals surface area contributed by atoms with Crippen LogP contribution >= 0.6 is 0 Å². The molecule has 0 fully saturated rings. The lowest BCUT2D eigenvalue weighted by molar-refractivity contribution is 0.0690. The highest BCUT2D eigenvalue weighted by Crippen LogP contribution is 2.20. The minimum Gasteiger partial charge on any atom is -0.477 e. The minimum absolute atomic E-state index is 0.00429. The van der Waals surface area contributed by atoms with Gasteiger partial charge in [0.25, 0.3) is 0 Å². The second kappa shape index (κ2) is 7.02. The monoisotopic (exact) mass is 299 g/mol. The zero-order chi connectivity index (χ0) is 16.1. The van der Waals surface area contributed by atoms with Crippen molar-refractivity contribution in [1.82, 2.24) is 9.97 Å². The average Bonchev–Trinajstić information content (AvgIpc) is 2.54. The van der Waals surface area contributed by atoms with Crippen LogP contribution in [-0.2, 0) is 6.42 Å². The van der Waals surface area contributed by atoms with Crippen molar-refractivity contribution in [3.8, 4) is 11.4 Å². The van der Waals surface area contributed by atoms with E-state index >= 15 is 0 Å². The molecule has 0 aliphatic rings. The number of aromatic carboxylic acids is 1. The van der Waals surface area contributed by atoms with Crippen LogP contribution in [0, 0.1) is 0 Å². The van der Waals surface area contributed by atoms with E-state index in [0.29, 0.717) is 11.6 Å². The Hall–Kier alpha value is -2.43.